The summed E-state index contributed by atoms with van der Waals surface area (Å²) in [6.07, 6.45) is 0.0328. The molecule has 3 heterocycles. The van der Waals surface area contributed by atoms with E-state index >= 15 is 0 Å². The molecule has 1 aromatic carbocycles. The lowest BCUT2D eigenvalue weighted by molar-refractivity contribution is -0.137. The number of rotatable bonds is 6. The van der Waals surface area contributed by atoms with Crippen molar-refractivity contribution in [3.8, 4) is 5.69 Å². The van der Waals surface area contributed by atoms with Crippen LogP contribution in [-0.4, -0.2) is 36.8 Å². The number of benzene rings is 1. The van der Waals surface area contributed by atoms with E-state index in [1.807, 2.05) is 21.4 Å². The molecule has 7 nitrogen and oxygen atoms in total. The van der Waals surface area contributed by atoms with Crippen molar-refractivity contribution in [2.75, 3.05) is 10.6 Å². The van der Waals surface area contributed by atoms with Gasteiger partial charge in [0.1, 0.15) is 6.33 Å². The van der Waals surface area contributed by atoms with Crippen molar-refractivity contribution < 1.29 is 18.3 Å². The quantitative estimate of drug-likeness (QED) is 0.345. The van der Waals surface area contributed by atoms with Gasteiger partial charge in [-0.25, -0.2) is 4.98 Å². The highest BCUT2D eigenvalue weighted by Gasteiger charge is 2.30. The highest BCUT2D eigenvalue weighted by atomic mass is 32.1. The van der Waals surface area contributed by atoms with E-state index in [1.54, 1.807) is 23.7 Å². The van der Waals surface area contributed by atoms with Gasteiger partial charge in [0.15, 0.2) is 17.0 Å². The number of aromatic nitrogens is 4. The third kappa shape index (κ3) is 4.85. The second-order valence-electron chi connectivity index (χ2n) is 8.37. The highest BCUT2D eigenvalue weighted by Crippen LogP contribution is 2.30. The fraction of sp³-hybridized carbons (Fsp3) is 0.348. The first-order valence-electron chi connectivity index (χ1n) is 11.0. The van der Waals surface area contributed by atoms with E-state index < -0.39 is 11.7 Å². The molecule has 3 N–H and O–H groups in total. The van der Waals surface area contributed by atoms with Crippen LogP contribution in [-0.2, 0) is 12.7 Å². The number of anilines is 2. The first-order chi connectivity index (χ1) is 16.4. The van der Waals surface area contributed by atoms with Gasteiger partial charge < -0.3 is 15.7 Å². The smallest absolute Gasteiger partial charge is 0.393 e. The van der Waals surface area contributed by atoms with Crippen LogP contribution in [0.2, 0.25) is 0 Å². The summed E-state index contributed by atoms with van der Waals surface area (Å²) in [5, 5.41) is 20.2. The molecule has 0 aliphatic heterocycles. The van der Waals surface area contributed by atoms with Crippen LogP contribution in [0.25, 0.3) is 16.9 Å². The van der Waals surface area contributed by atoms with Gasteiger partial charge in [-0.2, -0.15) is 34.5 Å². The fourth-order valence-electron chi connectivity index (χ4n) is 4.12. The zero-order chi connectivity index (χ0) is 23.7. The maximum atomic E-state index is 13.1. The van der Waals surface area contributed by atoms with E-state index in [-0.39, 0.29) is 18.7 Å². The first kappa shape index (κ1) is 22.6. The minimum Gasteiger partial charge on any atom is -0.393 e. The molecular formula is C23H23F3N6OS. The van der Waals surface area contributed by atoms with Crippen molar-refractivity contribution in [2.24, 2.45) is 0 Å². The summed E-state index contributed by atoms with van der Waals surface area (Å²) < 4.78 is 41.2. The summed E-state index contributed by atoms with van der Waals surface area (Å²) >= 11 is 1.56. The second-order valence-corrected chi connectivity index (χ2v) is 9.15. The van der Waals surface area contributed by atoms with Crippen LogP contribution in [0.15, 0.2) is 47.4 Å². The van der Waals surface area contributed by atoms with E-state index in [1.165, 1.54) is 6.07 Å². The number of alkyl halides is 3. The van der Waals surface area contributed by atoms with Crippen LogP contribution in [0.4, 0.5) is 24.9 Å². The summed E-state index contributed by atoms with van der Waals surface area (Å²) in [4.78, 5) is 13.8. The number of hydrogen-bond acceptors (Lipinski definition) is 7. The molecule has 0 radical (unpaired) electrons. The molecular weight excluding hydrogens is 465 g/mol. The van der Waals surface area contributed by atoms with E-state index in [0.717, 1.165) is 30.7 Å². The molecule has 1 aliphatic rings. The molecule has 0 saturated heterocycles. The number of halogens is 3. The second kappa shape index (κ2) is 9.22. The third-order valence-corrected chi connectivity index (χ3v) is 6.60. The topological polar surface area (TPSA) is 87.9 Å². The Balaban J connectivity index is 1.46. The minimum absolute atomic E-state index is 0.134. The minimum atomic E-state index is -4.40. The average Bonchev–Trinajstić information content (AvgIpc) is 3.48. The summed E-state index contributed by atoms with van der Waals surface area (Å²) in [7, 11) is 0. The maximum absolute atomic E-state index is 13.1. The molecule has 34 heavy (non-hydrogen) atoms. The molecule has 0 amide bonds. The Hall–Kier alpha value is -3.18. The SMILES string of the molecule is OC1CCC(Nc2nc(NCc3cccc(C(F)(F)F)c3)c3ncn(-c4ccsc4)c3n2)CC1. The molecule has 1 fully saturated rings. The highest BCUT2D eigenvalue weighted by molar-refractivity contribution is 7.08. The van der Waals surface area contributed by atoms with Crippen molar-refractivity contribution >= 4 is 34.3 Å². The molecule has 1 aliphatic carbocycles. The lowest BCUT2D eigenvalue weighted by Gasteiger charge is -2.26. The summed E-state index contributed by atoms with van der Waals surface area (Å²) in [6, 6.07) is 7.30. The van der Waals surface area contributed by atoms with Crippen LogP contribution in [0.3, 0.4) is 0 Å². The monoisotopic (exact) mass is 488 g/mol. The van der Waals surface area contributed by atoms with Gasteiger partial charge >= 0.3 is 6.18 Å². The largest absolute Gasteiger partial charge is 0.416 e. The average molecular weight is 489 g/mol. The van der Waals surface area contributed by atoms with Crippen LogP contribution >= 0.6 is 11.3 Å². The predicted molar refractivity (Wildman–Crippen MR) is 125 cm³/mol. The van der Waals surface area contributed by atoms with E-state index in [2.05, 4.69) is 20.6 Å². The zero-order valence-corrected chi connectivity index (χ0v) is 18.9. The number of fused-ring (bicyclic) bond motifs is 1. The van der Waals surface area contributed by atoms with Crippen molar-refractivity contribution in [2.45, 2.75) is 50.6 Å². The third-order valence-electron chi connectivity index (χ3n) is 5.92. The normalized spacial score (nSPS) is 18.8. The zero-order valence-electron chi connectivity index (χ0n) is 18.1. The number of nitrogens with zero attached hydrogens (tertiary/aromatic N) is 4. The van der Waals surface area contributed by atoms with Crippen LogP contribution < -0.4 is 10.6 Å². The molecule has 178 valence electrons. The Morgan fingerprint density at radius 3 is 2.68 bits per heavy atom. The van der Waals surface area contributed by atoms with Crippen molar-refractivity contribution in [3.05, 3.63) is 58.5 Å². The maximum Gasteiger partial charge on any atom is 0.416 e. The Morgan fingerprint density at radius 2 is 1.94 bits per heavy atom. The van der Waals surface area contributed by atoms with Gasteiger partial charge in [0.25, 0.3) is 0 Å². The molecule has 1 saturated carbocycles. The van der Waals surface area contributed by atoms with E-state index in [4.69, 9.17) is 4.98 Å². The fourth-order valence-corrected chi connectivity index (χ4v) is 4.75. The molecule has 0 atom stereocenters. The van der Waals surface area contributed by atoms with Gasteiger partial charge in [-0.1, -0.05) is 12.1 Å². The first-order valence-corrected chi connectivity index (χ1v) is 11.9. The van der Waals surface area contributed by atoms with Gasteiger partial charge in [0, 0.05) is 18.0 Å². The van der Waals surface area contributed by atoms with Crippen molar-refractivity contribution in [1.82, 2.24) is 19.5 Å². The number of nitrogens with one attached hydrogen (secondary N) is 2. The van der Waals surface area contributed by atoms with Crippen molar-refractivity contribution in [1.29, 1.82) is 0 Å². The standard InChI is InChI=1S/C23H23F3N6OS/c24-23(25,26)15-3-1-2-14(10-15)11-27-20-19-21(32(13-28-19)17-8-9-34-12-17)31-22(30-20)29-16-4-6-18(33)7-5-16/h1-3,8-10,12-13,16,18,33H,4-7,11H2,(H2,27,29,30,31). The Morgan fingerprint density at radius 1 is 1.12 bits per heavy atom. The van der Waals surface area contributed by atoms with E-state index in [0.29, 0.717) is 41.3 Å². The Labute approximate surface area is 197 Å². The molecule has 11 heteroatoms. The Bertz CT molecular complexity index is 1270. The van der Waals surface area contributed by atoms with Gasteiger partial charge in [-0.05, 0) is 54.8 Å². The van der Waals surface area contributed by atoms with Crippen molar-refractivity contribution in [3.63, 3.8) is 0 Å². The molecule has 0 unspecified atom stereocenters. The predicted octanol–water partition coefficient (Wildman–Crippen LogP) is 5.22. The molecule has 0 bridgehead atoms. The van der Waals surface area contributed by atoms with Crippen LogP contribution in [0.5, 0.6) is 0 Å². The van der Waals surface area contributed by atoms with Gasteiger partial charge in [0.2, 0.25) is 5.95 Å². The lowest BCUT2D eigenvalue weighted by atomic mass is 9.93. The van der Waals surface area contributed by atoms with Crippen LogP contribution in [0, 0.1) is 0 Å². The molecule has 0 spiro atoms. The van der Waals surface area contributed by atoms with E-state index in [9.17, 15) is 18.3 Å². The molecule has 4 aromatic rings. The number of thiophene rings is 1. The summed E-state index contributed by atoms with van der Waals surface area (Å²) in [6.45, 7) is 0.149. The molecule has 3 aromatic heterocycles. The summed E-state index contributed by atoms with van der Waals surface area (Å²) in [5.41, 5.74) is 1.83. The van der Waals surface area contributed by atoms with Gasteiger partial charge in [0.05, 0.1) is 17.4 Å². The summed E-state index contributed by atoms with van der Waals surface area (Å²) in [5.74, 6) is 0.854. The van der Waals surface area contributed by atoms with Gasteiger partial charge in [-0.3, -0.25) is 4.57 Å². The number of aliphatic hydroxyl groups is 1. The number of aliphatic hydroxyl groups excluding tert-OH is 1. The number of hydrogen-bond donors (Lipinski definition) is 3. The van der Waals surface area contributed by atoms with Gasteiger partial charge in [-0.15, -0.1) is 0 Å². The number of imidazole rings is 1. The van der Waals surface area contributed by atoms with Crippen LogP contribution in [0.1, 0.15) is 36.8 Å². The Kier molecular flexibility index (Phi) is 6.13. The molecule has 5 rings (SSSR count). The lowest BCUT2D eigenvalue weighted by Crippen LogP contribution is -2.29.